The summed E-state index contributed by atoms with van der Waals surface area (Å²) in [6.45, 7) is 1.62. The monoisotopic (exact) mass is 937 g/mol. The number of benzene rings is 5. The second-order valence-electron chi connectivity index (χ2n) is 12.5. The summed E-state index contributed by atoms with van der Waals surface area (Å²) in [5.74, 6) is -2.75. The van der Waals surface area contributed by atoms with E-state index >= 15 is 0 Å². The van der Waals surface area contributed by atoms with Crippen LogP contribution in [0.2, 0.25) is 0 Å². The number of hydrogen-bond donors (Lipinski definition) is 4. The molecule has 322 valence electrons. The predicted molar refractivity (Wildman–Crippen MR) is 212 cm³/mol. The molecule has 0 radical (unpaired) electrons. The van der Waals surface area contributed by atoms with E-state index in [0.717, 1.165) is 18.2 Å². The van der Waals surface area contributed by atoms with E-state index in [1.165, 1.54) is 30.3 Å². The van der Waals surface area contributed by atoms with Crippen LogP contribution in [0.5, 0.6) is 11.5 Å². The average Bonchev–Trinajstić information content (AvgIpc) is 3.19. The van der Waals surface area contributed by atoms with Crippen LogP contribution in [0.3, 0.4) is 0 Å². The first-order chi connectivity index (χ1) is 29.3. The molecule has 0 aliphatic heterocycles. The van der Waals surface area contributed by atoms with Crippen LogP contribution >= 0.6 is 0 Å². The Balaban J connectivity index is 0.00000544. The number of carboxylic acids is 1. The average molecular weight is 938 g/mol. The van der Waals surface area contributed by atoms with Crippen molar-refractivity contribution in [2.24, 2.45) is 30.7 Å². The van der Waals surface area contributed by atoms with Crippen LogP contribution in [0.25, 0.3) is 10.8 Å². The predicted octanol–water partition coefficient (Wildman–Crippen LogP) is 0.762. The van der Waals surface area contributed by atoms with Gasteiger partial charge in [-0.2, -0.15) is 15.3 Å². The van der Waals surface area contributed by atoms with Gasteiger partial charge in [0.1, 0.15) is 37.4 Å². The zero-order valence-corrected chi connectivity index (χ0v) is 39.2. The minimum Gasteiger partial charge on any atom is -0.744 e. The van der Waals surface area contributed by atoms with Crippen molar-refractivity contribution in [1.29, 1.82) is 0 Å². The zero-order valence-electron chi connectivity index (χ0n) is 33.6. The number of nitrogens with two attached hydrogens (primary N) is 1. The molecule has 0 saturated heterocycles. The number of amides is 1. The molecular weight excluding hydrogens is 909 g/mol. The van der Waals surface area contributed by atoms with Gasteiger partial charge in [0.15, 0.2) is 11.4 Å². The summed E-state index contributed by atoms with van der Waals surface area (Å²) in [4.78, 5) is 41.8. The number of phenolic OH excluding ortho intramolecular Hbond substituents is 1. The molecule has 5 rings (SSSR count). The molecule has 0 unspecified atom stereocenters. The molecule has 0 atom stereocenters. The fourth-order valence-corrected chi connectivity index (χ4v) is 6.68. The minimum absolute atomic E-state index is 0. The Hall–Kier alpha value is -5.65. The first-order valence-corrected chi connectivity index (χ1v) is 20.1. The number of azo groups is 3. The number of nitrogens with one attached hydrogen (secondary N) is 1. The number of carbonyl (C=O) groups excluding carboxylic acids is 2. The molecule has 0 aliphatic carbocycles. The molecule has 0 spiro atoms. The largest absolute Gasteiger partial charge is 1.00 e. The summed E-state index contributed by atoms with van der Waals surface area (Å²) >= 11 is 0. The molecule has 5 aromatic carbocycles. The SMILES string of the molecule is Cc1cc(N=Nc2cc(S(=O)(=O)[O-])c3cc(S(=O)(=O)[O-])c(N=Nc4ccc(NC(=O)CCOCCC(=O)O)cc4[N+](=O)[O-])c(O)c3c2N)ccc1N=Nc1ccc(OC=O)cc1.[Na+].[Na+]. The zero-order chi connectivity index (χ0) is 45.4. The molecule has 28 heteroatoms. The van der Waals surface area contributed by atoms with Crippen LogP contribution in [0.4, 0.5) is 51.2 Å². The van der Waals surface area contributed by atoms with Crippen molar-refractivity contribution in [1.82, 2.24) is 0 Å². The molecule has 0 aliphatic rings. The maximum absolute atomic E-state index is 12.5. The van der Waals surface area contributed by atoms with Gasteiger partial charge in [-0.05, 0) is 79.2 Å². The molecule has 0 fully saturated rings. The number of carboxylic acid groups (broad SMARTS) is 1. The molecule has 1 amide bonds. The summed E-state index contributed by atoms with van der Waals surface area (Å²) in [5.41, 5.74) is 4.05. The van der Waals surface area contributed by atoms with E-state index in [4.69, 9.17) is 20.3 Å². The van der Waals surface area contributed by atoms with E-state index in [2.05, 4.69) is 36.0 Å². The number of rotatable bonds is 18. The van der Waals surface area contributed by atoms with E-state index in [9.17, 15) is 55.5 Å². The molecule has 0 heterocycles. The van der Waals surface area contributed by atoms with Crippen LogP contribution in [-0.4, -0.2) is 72.6 Å². The van der Waals surface area contributed by atoms with Gasteiger partial charge >= 0.3 is 65.1 Å². The Labute approximate surface area is 405 Å². The number of ether oxygens (including phenoxy) is 2. The van der Waals surface area contributed by atoms with E-state index in [1.54, 1.807) is 19.1 Å². The fraction of sp³-hybridized carbons (Fsp3) is 0.139. The Morgan fingerprint density at radius 1 is 0.797 bits per heavy atom. The van der Waals surface area contributed by atoms with Gasteiger partial charge in [0, 0.05) is 17.1 Å². The summed E-state index contributed by atoms with van der Waals surface area (Å²) < 4.78 is 84.4. The Kier molecular flexibility index (Phi) is 18.8. The van der Waals surface area contributed by atoms with Crippen molar-refractivity contribution in [3.8, 4) is 11.5 Å². The van der Waals surface area contributed by atoms with Gasteiger partial charge in [0.2, 0.25) is 5.91 Å². The van der Waals surface area contributed by atoms with Crippen molar-refractivity contribution in [3.63, 3.8) is 0 Å². The second kappa shape index (κ2) is 22.8. The van der Waals surface area contributed by atoms with Crippen molar-refractivity contribution >= 4 is 101 Å². The van der Waals surface area contributed by atoms with E-state index < -0.39 is 91.8 Å². The first-order valence-electron chi connectivity index (χ1n) is 17.2. The molecule has 64 heavy (non-hydrogen) atoms. The fourth-order valence-electron chi connectivity index (χ4n) is 5.36. The Morgan fingerprint density at radius 3 is 2.00 bits per heavy atom. The van der Waals surface area contributed by atoms with Crippen molar-refractivity contribution in [2.45, 2.75) is 29.6 Å². The summed E-state index contributed by atoms with van der Waals surface area (Å²) in [6, 6.07) is 14.6. The normalized spacial score (nSPS) is 11.7. The second-order valence-corrected chi connectivity index (χ2v) is 15.2. The third-order valence-electron chi connectivity index (χ3n) is 8.25. The number of fused-ring (bicyclic) bond motifs is 1. The van der Waals surface area contributed by atoms with E-state index in [0.29, 0.717) is 34.8 Å². The topological polar surface area (TPSA) is 380 Å². The number of nitro benzene ring substituents is 1. The molecule has 24 nitrogen and oxygen atoms in total. The quantitative estimate of drug-likeness (QED) is 0.0138. The summed E-state index contributed by atoms with van der Waals surface area (Å²) in [5, 5.41) is 56.3. The number of anilines is 2. The molecule has 5 N–H and O–H groups in total. The number of aromatic hydroxyl groups is 1. The number of nitrogens with zero attached hydrogens (tertiary/aromatic N) is 7. The number of nitro groups is 1. The molecule has 0 bridgehead atoms. The summed E-state index contributed by atoms with van der Waals surface area (Å²) in [7, 11) is -11.2. The molecule has 5 aromatic rings. The van der Waals surface area contributed by atoms with Gasteiger partial charge in [0.05, 0.1) is 68.9 Å². The molecule has 0 saturated carbocycles. The van der Waals surface area contributed by atoms with Crippen molar-refractivity contribution < 1.29 is 124 Å². The number of aryl methyl sites for hydroxylation is 1. The third-order valence-corrected chi connectivity index (χ3v) is 9.98. The number of aliphatic carboxylic acids is 1. The van der Waals surface area contributed by atoms with Crippen LogP contribution in [-0.2, 0) is 39.4 Å². The van der Waals surface area contributed by atoms with Crippen LogP contribution in [0, 0.1) is 17.0 Å². The van der Waals surface area contributed by atoms with Gasteiger partial charge in [-0.1, -0.05) is 0 Å². The Morgan fingerprint density at radius 2 is 1.39 bits per heavy atom. The maximum Gasteiger partial charge on any atom is 1.00 e. The maximum atomic E-state index is 12.5. The van der Waals surface area contributed by atoms with Crippen LogP contribution in [0.15, 0.2) is 113 Å². The first kappa shape index (κ1) is 52.7. The number of carbonyl (C=O) groups is 3. The minimum atomic E-state index is -5.67. The standard InChI is InChI=1S/C36H31N9O15S2.2Na/c1-19-14-22(5-8-25(19)41-39-20-2-6-23(7-3-20)60-18-46)40-43-27-17-29(61(53,54)55)24-16-30(62(56,57)58)35(36(50)33(24)34(27)37)44-42-26-9-4-21(15-28(26)45(51)52)38-31(47)10-12-59-13-11-32(48)49;;/h2-9,14-18,50H,10-13,37H2,1H3,(H,38,47)(H,48,49)(H,53,54,55)(H,56,57,58);;/q;2*+1/p-2. The van der Waals surface area contributed by atoms with Gasteiger partial charge in [-0.25, -0.2) is 16.8 Å². The number of nitrogen functional groups attached to an aromatic ring is 1. The van der Waals surface area contributed by atoms with Gasteiger partial charge in [-0.15, -0.1) is 15.3 Å². The number of hydrogen-bond acceptors (Lipinski definition) is 21. The van der Waals surface area contributed by atoms with Gasteiger partial charge in [-0.3, -0.25) is 24.5 Å². The smallest absolute Gasteiger partial charge is 0.744 e. The van der Waals surface area contributed by atoms with Gasteiger partial charge in [0.25, 0.3) is 12.2 Å². The van der Waals surface area contributed by atoms with Crippen molar-refractivity contribution in [3.05, 3.63) is 88.5 Å². The Bertz CT molecular complexity index is 2940. The van der Waals surface area contributed by atoms with Crippen molar-refractivity contribution in [2.75, 3.05) is 24.3 Å². The number of phenols is 1. The molecule has 0 aromatic heterocycles. The van der Waals surface area contributed by atoms with Gasteiger partial charge < -0.3 is 39.8 Å². The summed E-state index contributed by atoms with van der Waals surface area (Å²) in [6.07, 6.45) is -0.537. The van der Waals surface area contributed by atoms with Crippen LogP contribution < -0.4 is 74.9 Å². The molecular formula is C36H29N9Na2O15S2. The van der Waals surface area contributed by atoms with E-state index in [1.807, 2.05) is 0 Å². The van der Waals surface area contributed by atoms with Crippen LogP contribution in [0.1, 0.15) is 18.4 Å². The van der Waals surface area contributed by atoms with E-state index in [-0.39, 0.29) is 103 Å². The third kappa shape index (κ3) is 13.7.